The molecular formula is C23H27N3O4. The molecule has 0 bridgehead atoms. The maximum atomic E-state index is 13.4. The second-order valence-electron chi connectivity index (χ2n) is 8.20. The number of para-hydroxylation sites is 2. The van der Waals surface area contributed by atoms with Gasteiger partial charge in [-0.05, 0) is 55.7 Å². The van der Waals surface area contributed by atoms with E-state index in [-0.39, 0.29) is 18.4 Å². The number of nitrogens with one attached hydrogen (secondary N) is 1. The van der Waals surface area contributed by atoms with E-state index < -0.39 is 5.54 Å². The highest BCUT2D eigenvalue weighted by Crippen LogP contribution is 2.37. The number of amides is 2. The van der Waals surface area contributed by atoms with Gasteiger partial charge < -0.3 is 14.8 Å². The van der Waals surface area contributed by atoms with Crippen LogP contribution in [0.3, 0.4) is 0 Å². The van der Waals surface area contributed by atoms with Gasteiger partial charge in [0.05, 0.1) is 32.1 Å². The number of hydrogen-bond donors (Lipinski definition) is 1. The number of hydrogen-bond acceptors (Lipinski definition) is 5. The maximum absolute atomic E-state index is 13.4. The summed E-state index contributed by atoms with van der Waals surface area (Å²) in [5.74, 6) is 1.13. The molecule has 7 heteroatoms. The van der Waals surface area contributed by atoms with E-state index in [1.165, 1.54) is 5.56 Å². The summed E-state index contributed by atoms with van der Waals surface area (Å²) in [6.07, 6.45) is 0.823. The molecule has 2 aliphatic rings. The Kier molecular flexibility index (Phi) is 5.15. The first-order chi connectivity index (χ1) is 14.3. The van der Waals surface area contributed by atoms with Gasteiger partial charge in [0.25, 0.3) is 0 Å². The van der Waals surface area contributed by atoms with Crippen LogP contribution >= 0.6 is 0 Å². The first-order valence-electron chi connectivity index (χ1n) is 10.0. The van der Waals surface area contributed by atoms with Crippen LogP contribution in [0.5, 0.6) is 11.5 Å². The Morgan fingerprint density at radius 3 is 2.47 bits per heavy atom. The summed E-state index contributed by atoms with van der Waals surface area (Å²) in [5.41, 5.74) is 2.77. The first-order valence-corrected chi connectivity index (χ1v) is 10.0. The lowest BCUT2D eigenvalue weighted by Gasteiger charge is -2.43. The van der Waals surface area contributed by atoms with Crippen molar-refractivity contribution in [1.29, 1.82) is 0 Å². The van der Waals surface area contributed by atoms with Crippen LogP contribution in [0, 0.1) is 0 Å². The summed E-state index contributed by atoms with van der Waals surface area (Å²) in [6.45, 7) is 5.19. The zero-order valence-corrected chi connectivity index (χ0v) is 17.8. The minimum atomic E-state index is -0.963. The molecule has 0 fully saturated rings. The highest BCUT2D eigenvalue weighted by atomic mass is 16.5. The molecule has 2 aromatic rings. The van der Waals surface area contributed by atoms with Crippen molar-refractivity contribution in [3.05, 3.63) is 47.5 Å². The van der Waals surface area contributed by atoms with Crippen molar-refractivity contribution in [3.63, 3.8) is 0 Å². The zero-order chi connectivity index (χ0) is 21.5. The van der Waals surface area contributed by atoms with Crippen LogP contribution in [0.1, 0.15) is 25.0 Å². The topological polar surface area (TPSA) is 71.1 Å². The number of ether oxygens (including phenoxy) is 2. The quantitative estimate of drug-likeness (QED) is 0.841. The average molecular weight is 409 g/mol. The lowest BCUT2D eigenvalue weighted by molar-refractivity contribution is -0.127. The fourth-order valence-corrected chi connectivity index (χ4v) is 4.24. The van der Waals surface area contributed by atoms with Crippen molar-refractivity contribution in [2.75, 3.05) is 37.5 Å². The van der Waals surface area contributed by atoms with E-state index in [4.69, 9.17) is 9.47 Å². The predicted octanol–water partition coefficient (Wildman–Crippen LogP) is 2.83. The molecule has 158 valence electrons. The lowest BCUT2D eigenvalue weighted by atomic mass is 9.95. The van der Waals surface area contributed by atoms with Crippen molar-refractivity contribution >= 4 is 23.2 Å². The molecule has 7 nitrogen and oxygen atoms in total. The van der Waals surface area contributed by atoms with Gasteiger partial charge in [0.1, 0.15) is 5.54 Å². The van der Waals surface area contributed by atoms with Gasteiger partial charge in [-0.3, -0.25) is 19.4 Å². The maximum Gasteiger partial charge on any atom is 0.250 e. The highest BCUT2D eigenvalue weighted by Gasteiger charge is 2.43. The molecule has 0 aliphatic carbocycles. The Bertz CT molecular complexity index is 1000. The Balaban J connectivity index is 1.57. The Morgan fingerprint density at radius 2 is 1.77 bits per heavy atom. The van der Waals surface area contributed by atoms with Gasteiger partial charge in [-0.25, -0.2) is 0 Å². The summed E-state index contributed by atoms with van der Waals surface area (Å²) in [5, 5.41) is 2.90. The van der Waals surface area contributed by atoms with E-state index in [1.807, 2.05) is 36.4 Å². The SMILES string of the molecule is COc1cc2c(cc1OC)CN(CC(=O)N1c3ccccc3NC(=O)C1(C)C)CC2. The van der Waals surface area contributed by atoms with Crippen LogP contribution in [0.15, 0.2) is 36.4 Å². The van der Waals surface area contributed by atoms with E-state index in [9.17, 15) is 9.59 Å². The number of nitrogens with zero attached hydrogens (tertiary/aromatic N) is 2. The van der Waals surface area contributed by atoms with Crippen molar-refractivity contribution in [1.82, 2.24) is 4.90 Å². The van der Waals surface area contributed by atoms with Crippen molar-refractivity contribution < 1.29 is 19.1 Å². The van der Waals surface area contributed by atoms with Gasteiger partial charge in [-0.2, -0.15) is 0 Å². The predicted molar refractivity (Wildman–Crippen MR) is 115 cm³/mol. The van der Waals surface area contributed by atoms with Gasteiger partial charge in [0, 0.05) is 13.1 Å². The number of rotatable bonds is 4. The molecule has 4 rings (SSSR count). The summed E-state index contributed by atoms with van der Waals surface area (Å²) in [4.78, 5) is 29.8. The van der Waals surface area contributed by atoms with Gasteiger partial charge in [-0.15, -0.1) is 0 Å². The third-order valence-electron chi connectivity index (χ3n) is 5.91. The molecule has 2 aromatic carbocycles. The Labute approximate surface area is 176 Å². The number of methoxy groups -OCH3 is 2. The molecule has 0 saturated carbocycles. The van der Waals surface area contributed by atoms with Crippen molar-refractivity contribution in [2.45, 2.75) is 32.4 Å². The largest absolute Gasteiger partial charge is 0.493 e. The molecule has 0 aromatic heterocycles. The van der Waals surface area contributed by atoms with Gasteiger partial charge in [-0.1, -0.05) is 12.1 Å². The van der Waals surface area contributed by atoms with Crippen LogP contribution in [0.2, 0.25) is 0 Å². The average Bonchev–Trinajstić information content (AvgIpc) is 2.73. The van der Waals surface area contributed by atoms with E-state index >= 15 is 0 Å². The summed E-state index contributed by atoms with van der Waals surface area (Å²) < 4.78 is 10.8. The molecule has 0 atom stereocenters. The fraction of sp³-hybridized carbons (Fsp3) is 0.391. The summed E-state index contributed by atoms with van der Waals surface area (Å²) in [7, 11) is 3.25. The van der Waals surface area contributed by atoms with E-state index in [0.29, 0.717) is 18.0 Å². The molecule has 2 aliphatic heterocycles. The molecule has 2 heterocycles. The second-order valence-corrected chi connectivity index (χ2v) is 8.20. The van der Waals surface area contributed by atoms with Crippen LogP contribution < -0.4 is 19.7 Å². The highest BCUT2D eigenvalue weighted by molar-refractivity contribution is 6.14. The van der Waals surface area contributed by atoms with Crippen LogP contribution in [0.4, 0.5) is 11.4 Å². The molecule has 0 radical (unpaired) electrons. The molecule has 1 N–H and O–H groups in total. The van der Waals surface area contributed by atoms with E-state index in [0.717, 1.165) is 30.0 Å². The van der Waals surface area contributed by atoms with Crippen molar-refractivity contribution in [3.8, 4) is 11.5 Å². The second kappa shape index (κ2) is 7.65. The monoisotopic (exact) mass is 409 g/mol. The van der Waals surface area contributed by atoms with E-state index in [1.54, 1.807) is 33.0 Å². The summed E-state index contributed by atoms with van der Waals surface area (Å²) >= 11 is 0. The molecule has 0 spiro atoms. The van der Waals surface area contributed by atoms with Gasteiger partial charge in [0.15, 0.2) is 11.5 Å². The Hall–Kier alpha value is -3.06. The molecule has 30 heavy (non-hydrogen) atoms. The standard InChI is InChI=1S/C23H27N3O4/c1-23(2)22(28)24-17-7-5-6-8-18(17)26(23)21(27)14-25-10-9-15-11-19(29-3)20(30-4)12-16(15)13-25/h5-8,11-12H,9-10,13-14H2,1-4H3,(H,24,28). The molecular weight excluding hydrogens is 382 g/mol. The molecule has 2 amide bonds. The number of anilines is 2. The van der Waals surface area contributed by atoms with Gasteiger partial charge >= 0.3 is 0 Å². The van der Waals surface area contributed by atoms with Crippen LogP contribution in [-0.2, 0) is 22.6 Å². The number of carbonyl (C=O) groups excluding carboxylic acids is 2. The minimum Gasteiger partial charge on any atom is -0.493 e. The van der Waals surface area contributed by atoms with Crippen LogP contribution in [0.25, 0.3) is 0 Å². The normalized spacial score (nSPS) is 17.6. The molecule has 0 saturated heterocycles. The minimum absolute atomic E-state index is 0.0915. The number of carbonyl (C=O) groups is 2. The van der Waals surface area contributed by atoms with Gasteiger partial charge in [0.2, 0.25) is 11.8 Å². The summed E-state index contributed by atoms with van der Waals surface area (Å²) in [6, 6.07) is 11.4. The number of benzene rings is 2. The molecule has 0 unspecified atom stereocenters. The van der Waals surface area contributed by atoms with Crippen LogP contribution in [-0.4, -0.2) is 49.6 Å². The Morgan fingerprint density at radius 1 is 1.10 bits per heavy atom. The fourth-order valence-electron chi connectivity index (χ4n) is 4.24. The zero-order valence-electron chi connectivity index (χ0n) is 17.8. The third kappa shape index (κ3) is 3.39. The van der Waals surface area contributed by atoms with E-state index in [2.05, 4.69) is 10.2 Å². The number of fused-ring (bicyclic) bond motifs is 2. The smallest absolute Gasteiger partial charge is 0.250 e. The first kappa shape index (κ1) is 20.2. The lowest BCUT2D eigenvalue weighted by Crippen LogP contribution is -2.60. The van der Waals surface area contributed by atoms with Crippen molar-refractivity contribution in [2.24, 2.45) is 0 Å². The third-order valence-corrected chi connectivity index (χ3v) is 5.91.